The second kappa shape index (κ2) is 8.33. The lowest BCUT2D eigenvalue weighted by molar-refractivity contribution is 0.794. The van der Waals surface area contributed by atoms with Crippen LogP contribution in [0.2, 0.25) is 0 Å². The number of halogens is 1. The molecule has 0 atom stereocenters. The predicted molar refractivity (Wildman–Crippen MR) is 123 cm³/mol. The van der Waals surface area contributed by atoms with Crippen LogP contribution >= 0.6 is 27.7 Å². The normalized spacial score (nSPS) is 19.8. The van der Waals surface area contributed by atoms with Crippen molar-refractivity contribution in [2.24, 2.45) is 0 Å². The largest absolute Gasteiger partial charge is 0.0988 e. The maximum atomic E-state index is 3.95. The molecule has 2 heteroatoms. The molecule has 1 aliphatic heterocycles. The van der Waals surface area contributed by atoms with Gasteiger partial charge in [0.15, 0.2) is 0 Å². The van der Waals surface area contributed by atoms with Crippen LogP contribution < -0.4 is 0 Å². The van der Waals surface area contributed by atoms with Gasteiger partial charge in [0.25, 0.3) is 0 Å². The van der Waals surface area contributed by atoms with E-state index >= 15 is 0 Å². The van der Waals surface area contributed by atoms with Crippen molar-refractivity contribution in [3.8, 4) is 0 Å². The third-order valence-corrected chi connectivity index (χ3v) is 7.10. The minimum absolute atomic E-state index is 1.10. The molecule has 1 aliphatic carbocycles. The smallest absolute Gasteiger partial charge is 0.0239 e. The van der Waals surface area contributed by atoms with Crippen molar-refractivity contribution in [3.63, 3.8) is 0 Å². The number of fused-ring (bicyclic) bond motifs is 1. The van der Waals surface area contributed by atoms with Gasteiger partial charge >= 0.3 is 0 Å². The summed E-state index contributed by atoms with van der Waals surface area (Å²) in [4.78, 5) is 2.61. The Labute approximate surface area is 174 Å². The monoisotopic (exact) mass is 432 g/mol. The summed E-state index contributed by atoms with van der Waals surface area (Å²) in [6, 6.07) is 19.3. The Bertz CT molecular complexity index is 990. The van der Waals surface area contributed by atoms with Gasteiger partial charge < -0.3 is 0 Å². The molecular formula is C25H21BrS. The highest BCUT2D eigenvalue weighted by atomic mass is 79.9. The highest BCUT2D eigenvalue weighted by Gasteiger charge is 2.17. The first-order valence-electron chi connectivity index (χ1n) is 9.23. The fraction of sp³-hybridized carbons (Fsp3) is 0.120. The van der Waals surface area contributed by atoms with E-state index in [1.54, 1.807) is 0 Å². The van der Waals surface area contributed by atoms with Gasteiger partial charge in [0, 0.05) is 14.3 Å². The zero-order valence-electron chi connectivity index (χ0n) is 15.1. The lowest BCUT2D eigenvalue weighted by Crippen LogP contribution is -1.97. The standard InChI is InChI=1S/C25H21BrS/c1-2-18-11-8-12-20(25(18)26)15-16-21-17-24(19-9-4-3-5-10-19)27-23-14-7-6-13-22(21)23/h2-7,9-10,13-17H,1,8,11-12H2. The number of thioether (sulfide) groups is 1. The quantitative estimate of drug-likeness (QED) is 0.471. The average Bonchev–Trinajstić information content (AvgIpc) is 2.73. The first-order valence-corrected chi connectivity index (χ1v) is 10.8. The SMILES string of the molecule is C=CC1=C(Br)C(=CC=C2C=C(c3ccccc3)Sc3ccccc32)CCC1. The van der Waals surface area contributed by atoms with Crippen molar-refractivity contribution in [2.45, 2.75) is 24.2 Å². The molecule has 1 heterocycles. The van der Waals surface area contributed by atoms with Gasteiger partial charge in [-0.3, -0.25) is 0 Å². The topological polar surface area (TPSA) is 0 Å². The lowest BCUT2D eigenvalue weighted by Gasteiger charge is -2.20. The molecule has 2 aromatic carbocycles. The van der Waals surface area contributed by atoms with E-state index < -0.39 is 0 Å². The average molecular weight is 433 g/mol. The molecule has 0 nitrogen and oxygen atoms in total. The van der Waals surface area contributed by atoms with Crippen molar-refractivity contribution in [2.75, 3.05) is 0 Å². The predicted octanol–water partition coefficient (Wildman–Crippen LogP) is 8.16. The number of rotatable bonds is 3. The summed E-state index contributed by atoms with van der Waals surface area (Å²) in [5.41, 5.74) is 6.50. The third kappa shape index (κ3) is 3.97. The van der Waals surface area contributed by atoms with Crippen LogP contribution in [0.4, 0.5) is 0 Å². The zero-order chi connectivity index (χ0) is 18.6. The van der Waals surface area contributed by atoms with Crippen LogP contribution in [-0.2, 0) is 0 Å². The molecule has 0 saturated carbocycles. The van der Waals surface area contributed by atoms with Crippen LogP contribution in [0.1, 0.15) is 30.4 Å². The fourth-order valence-corrected chi connectivity index (χ4v) is 5.29. The van der Waals surface area contributed by atoms with Crippen LogP contribution in [0.3, 0.4) is 0 Å². The van der Waals surface area contributed by atoms with E-state index in [1.807, 2.05) is 17.8 Å². The molecule has 0 aromatic heterocycles. The van der Waals surface area contributed by atoms with Crippen LogP contribution in [0.5, 0.6) is 0 Å². The highest BCUT2D eigenvalue weighted by Crippen LogP contribution is 2.44. The summed E-state index contributed by atoms with van der Waals surface area (Å²) in [6.07, 6.45) is 12.2. The van der Waals surface area contributed by atoms with Gasteiger partial charge in [-0.15, -0.1) is 0 Å². The number of hydrogen-bond acceptors (Lipinski definition) is 1. The molecule has 2 aromatic rings. The summed E-state index contributed by atoms with van der Waals surface area (Å²) >= 11 is 5.63. The summed E-state index contributed by atoms with van der Waals surface area (Å²) in [5.74, 6) is 0. The molecule has 0 unspecified atom stereocenters. The van der Waals surface area contributed by atoms with Crippen molar-refractivity contribution in [1.82, 2.24) is 0 Å². The van der Waals surface area contributed by atoms with Gasteiger partial charge in [0.1, 0.15) is 0 Å². The summed E-state index contributed by atoms with van der Waals surface area (Å²) in [7, 11) is 0. The lowest BCUT2D eigenvalue weighted by atomic mass is 9.94. The van der Waals surface area contributed by atoms with E-state index in [0.29, 0.717) is 0 Å². The van der Waals surface area contributed by atoms with Crippen LogP contribution in [0.25, 0.3) is 10.5 Å². The third-order valence-electron chi connectivity index (χ3n) is 4.93. The van der Waals surface area contributed by atoms with Crippen LogP contribution in [-0.4, -0.2) is 0 Å². The summed E-state index contributed by atoms with van der Waals surface area (Å²) < 4.78 is 1.21. The Morgan fingerprint density at radius 3 is 2.52 bits per heavy atom. The Morgan fingerprint density at radius 1 is 0.926 bits per heavy atom. The molecule has 0 saturated heterocycles. The first kappa shape index (κ1) is 18.3. The molecular weight excluding hydrogens is 412 g/mol. The number of benzene rings is 2. The van der Waals surface area contributed by atoms with Crippen molar-refractivity contribution in [3.05, 3.63) is 112 Å². The maximum absolute atomic E-state index is 3.95. The van der Waals surface area contributed by atoms with Gasteiger partial charge in [0.05, 0.1) is 0 Å². The summed E-state index contributed by atoms with van der Waals surface area (Å²) in [6.45, 7) is 3.95. The molecule has 27 heavy (non-hydrogen) atoms. The minimum Gasteiger partial charge on any atom is -0.0988 e. The molecule has 4 rings (SSSR count). The molecule has 0 spiro atoms. The van der Waals surface area contributed by atoms with Gasteiger partial charge in [0.2, 0.25) is 0 Å². The maximum Gasteiger partial charge on any atom is 0.0239 e. The minimum atomic E-state index is 1.10. The Morgan fingerprint density at radius 2 is 1.70 bits per heavy atom. The van der Waals surface area contributed by atoms with Gasteiger partial charge in [-0.1, -0.05) is 101 Å². The highest BCUT2D eigenvalue weighted by molar-refractivity contribution is 9.12. The van der Waals surface area contributed by atoms with Gasteiger partial charge in [-0.25, -0.2) is 0 Å². The van der Waals surface area contributed by atoms with Crippen LogP contribution in [0, 0.1) is 0 Å². The molecule has 0 amide bonds. The number of hydrogen-bond donors (Lipinski definition) is 0. The second-order valence-corrected chi connectivity index (χ2v) is 8.56. The molecule has 2 aliphatic rings. The van der Waals surface area contributed by atoms with Crippen molar-refractivity contribution in [1.29, 1.82) is 0 Å². The van der Waals surface area contributed by atoms with E-state index in [9.17, 15) is 0 Å². The van der Waals surface area contributed by atoms with E-state index in [1.165, 1.54) is 48.6 Å². The molecule has 134 valence electrons. The molecule has 0 N–H and O–H groups in total. The first-order chi connectivity index (χ1) is 13.3. The molecule has 0 radical (unpaired) electrons. The van der Waals surface area contributed by atoms with E-state index in [-0.39, 0.29) is 0 Å². The van der Waals surface area contributed by atoms with Gasteiger partial charge in [-0.05, 0) is 59.3 Å². The Balaban J connectivity index is 1.78. The van der Waals surface area contributed by atoms with Crippen molar-refractivity contribution < 1.29 is 0 Å². The number of allylic oxidation sites excluding steroid dienone is 8. The Hall–Kier alpha value is -2.03. The van der Waals surface area contributed by atoms with E-state index in [0.717, 1.165) is 12.8 Å². The molecule has 0 bridgehead atoms. The van der Waals surface area contributed by atoms with E-state index in [2.05, 4.69) is 95.3 Å². The van der Waals surface area contributed by atoms with E-state index in [4.69, 9.17) is 0 Å². The fourth-order valence-electron chi connectivity index (χ4n) is 3.48. The van der Waals surface area contributed by atoms with Crippen molar-refractivity contribution >= 4 is 38.2 Å². The zero-order valence-corrected chi connectivity index (χ0v) is 17.5. The molecule has 0 fully saturated rings. The van der Waals surface area contributed by atoms with Crippen LogP contribution in [0.15, 0.2) is 106 Å². The second-order valence-electron chi connectivity index (χ2n) is 6.68. The summed E-state index contributed by atoms with van der Waals surface area (Å²) in [5, 5.41) is 0. The van der Waals surface area contributed by atoms with Gasteiger partial charge in [-0.2, -0.15) is 0 Å². The Kier molecular flexibility index (Phi) is 5.66.